The van der Waals surface area contributed by atoms with Gasteiger partial charge in [0.15, 0.2) is 0 Å². The summed E-state index contributed by atoms with van der Waals surface area (Å²) in [6.45, 7) is 0.449. The maximum atomic E-state index is 13.7. The molecular formula is C24H26FN3O3. The molecule has 1 aliphatic carbocycles. The number of carbonyl (C=O) groups excluding carboxylic acids is 1. The van der Waals surface area contributed by atoms with E-state index in [1.807, 2.05) is 29.2 Å². The fourth-order valence-corrected chi connectivity index (χ4v) is 4.06. The molecule has 1 amide bonds. The Labute approximate surface area is 181 Å². The molecule has 1 fully saturated rings. The van der Waals surface area contributed by atoms with Crippen LogP contribution in [0.4, 0.5) is 4.39 Å². The minimum Gasteiger partial charge on any atom is -0.497 e. The Morgan fingerprint density at radius 1 is 1.16 bits per heavy atom. The van der Waals surface area contributed by atoms with Crippen LogP contribution in [-0.2, 0) is 6.42 Å². The second-order valence-corrected chi connectivity index (χ2v) is 7.79. The topological polar surface area (TPSA) is 68.5 Å². The van der Waals surface area contributed by atoms with Crippen LogP contribution in [0.15, 0.2) is 53.1 Å². The van der Waals surface area contributed by atoms with Crippen molar-refractivity contribution in [3.63, 3.8) is 0 Å². The average molecular weight is 423 g/mol. The van der Waals surface area contributed by atoms with Crippen LogP contribution in [0.1, 0.15) is 48.4 Å². The van der Waals surface area contributed by atoms with Crippen molar-refractivity contribution in [2.24, 2.45) is 0 Å². The number of aromatic nitrogens is 2. The van der Waals surface area contributed by atoms with Crippen LogP contribution in [0, 0.1) is 5.82 Å². The predicted molar refractivity (Wildman–Crippen MR) is 114 cm³/mol. The number of carbonyl (C=O) groups is 1. The number of hydrogen-bond acceptors (Lipinski definition) is 5. The fraction of sp³-hybridized carbons (Fsp3) is 0.375. The molecular weight excluding hydrogens is 397 g/mol. The molecule has 1 aromatic heterocycles. The lowest BCUT2D eigenvalue weighted by atomic mass is 9.93. The van der Waals surface area contributed by atoms with E-state index in [9.17, 15) is 9.18 Å². The van der Waals surface area contributed by atoms with Gasteiger partial charge in [-0.15, -0.1) is 0 Å². The first-order valence-corrected chi connectivity index (χ1v) is 10.7. The van der Waals surface area contributed by atoms with E-state index in [0.29, 0.717) is 30.2 Å². The van der Waals surface area contributed by atoms with Gasteiger partial charge < -0.3 is 14.2 Å². The highest BCUT2D eigenvalue weighted by atomic mass is 19.1. The predicted octanol–water partition coefficient (Wildman–Crippen LogP) is 4.90. The molecule has 0 aliphatic heterocycles. The lowest BCUT2D eigenvalue weighted by Crippen LogP contribution is -2.42. The molecule has 6 nitrogen and oxygen atoms in total. The fourth-order valence-electron chi connectivity index (χ4n) is 4.06. The van der Waals surface area contributed by atoms with Crippen molar-refractivity contribution in [2.45, 2.75) is 44.6 Å². The van der Waals surface area contributed by atoms with Crippen LogP contribution in [0.5, 0.6) is 5.75 Å². The number of amides is 1. The number of ether oxygens (including phenoxy) is 1. The third-order valence-electron chi connectivity index (χ3n) is 5.73. The summed E-state index contributed by atoms with van der Waals surface area (Å²) < 4.78 is 24.3. The van der Waals surface area contributed by atoms with Gasteiger partial charge in [-0.25, -0.2) is 4.39 Å². The van der Waals surface area contributed by atoms with Gasteiger partial charge in [0.25, 0.3) is 5.91 Å². The van der Waals surface area contributed by atoms with Gasteiger partial charge in [-0.2, -0.15) is 4.98 Å². The van der Waals surface area contributed by atoms with E-state index < -0.39 is 5.82 Å². The molecule has 162 valence electrons. The molecule has 31 heavy (non-hydrogen) atoms. The average Bonchev–Trinajstić information content (AvgIpc) is 3.29. The molecule has 0 atom stereocenters. The zero-order valence-corrected chi connectivity index (χ0v) is 17.6. The molecule has 7 heteroatoms. The van der Waals surface area contributed by atoms with Crippen LogP contribution < -0.4 is 4.74 Å². The van der Waals surface area contributed by atoms with Gasteiger partial charge in [0, 0.05) is 30.1 Å². The van der Waals surface area contributed by atoms with E-state index in [-0.39, 0.29) is 11.9 Å². The largest absolute Gasteiger partial charge is 0.497 e. The summed E-state index contributed by atoms with van der Waals surface area (Å²) in [6, 6.07) is 13.4. The number of rotatable bonds is 7. The first-order valence-electron chi connectivity index (χ1n) is 10.7. The lowest BCUT2D eigenvalue weighted by molar-refractivity contribution is 0.0631. The van der Waals surface area contributed by atoms with Gasteiger partial charge >= 0.3 is 0 Å². The van der Waals surface area contributed by atoms with Gasteiger partial charge in [0.05, 0.1) is 7.11 Å². The molecule has 4 rings (SSSR count). The highest BCUT2D eigenvalue weighted by Gasteiger charge is 2.27. The Morgan fingerprint density at radius 3 is 2.65 bits per heavy atom. The van der Waals surface area contributed by atoms with Crippen molar-refractivity contribution < 1.29 is 18.4 Å². The summed E-state index contributed by atoms with van der Waals surface area (Å²) in [5, 5.41) is 4.07. The summed E-state index contributed by atoms with van der Waals surface area (Å²) in [6.07, 6.45) is 5.75. The number of halogens is 1. The summed E-state index contributed by atoms with van der Waals surface area (Å²) in [7, 11) is 1.62. The van der Waals surface area contributed by atoms with Crippen molar-refractivity contribution in [3.8, 4) is 17.1 Å². The van der Waals surface area contributed by atoms with Gasteiger partial charge in [-0.1, -0.05) is 30.5 Å². The molecule has 2 aromatic carbocycles. The Hall–Kier alpha value is -3.22. The normalized spacial score (nSPS) is 14.4. The molecule has 1 heterocycles. The summed E-state index contributed by atoms with van der Waals surface area (Å²) in [4.78, 5) is 19.5. The van der Waals surface area contributed by atoms with Crippen LogP contribution in [0.3, 0.4) is 0 Å². The van der Waals surface area contributed by atoms with E-state index in [1.54, 1.807) is 19.2 Å². The van der Waals surface area contributed by atoms with Crippen LogP contribution in [0.2, 0.25) is 0 Å². The summed E-state index contributed by atoms with van der Waals surface area (Å²) in [5.41, 5.74) is 1.20. The van der Waals surface area contributed by atoms with Crippen LogP contribution in [-0.4, -0.2) is 40.6 Å². The summed E-state index contributed by atoms with van der Waals surface area (Å²) >= 11 is 0. The SMILES string of the molecule is COc1ccc(-c2noc(CCN(C(=O)c3cccc(F)c3)C3CCCCC3)n2)cc1. The Morgan fingerprint density at radius 2 is 1.94 bits per heavy atom. The van der Waals surface area contributed by atoms with Gasteiger partial charge in [-0.05, 0) is 55.3 Å². The number of hydrogen-bond donors (Lipinski definition) is 0. The Kier molecular flexibility index (Phi) is 6.60. The maximum absolute atomic E-state index is 13.7. The van der Waals surface area contributed by atoms with E-state index in [0.717, 1.165) is 37.0 Å². The number of benzene rings is 2. The number of methoxy groups -OCH3 is 1. The van der Waals surface area contributed by atoms with Crippen molar-refractivity contribution in [2.75, 3.05) is 13.7 Å². The van der Waals surface area contributed by atoms with Crippen molar-refractivity contribution >= 4 is 5.91 Å². The Bertz CT molecular complexity index is 1010. The zero-order valence-electron chi connectivity index (χ0n) is 17.6. The van der Waals surface area contributed by atoms with Crippen molar-refractivity contribution in [1.82, 2.24) is 15.0 Å². The van der Waals surface area contributed by atoms with Gasteiger partial charge in [-0.3, -0.25) is 4.79 Å². The van der Waals surface area contributed by atoms with E-state index in [1.165, 1.54) is 18.6 Å². The van der Waals surface area contributed by atoms with Crippen molar-refractivity contribution in [1.29, 1.82) is 0 Å². The summed E-state index contributed by atoms with van der Waals surface area (Å²) in [5.74, 6) is 1.17. The van der Waals surface area contributed by atoms with Crippen molar-refractivity contribution in [3.05, 3.63) is 65.8 Å². The van der Waals surface area contributed by atoms with Gasteiger partial charge in [0.2, 0.25) is 11.7 Å². The van der Waals surface area contributed by atoms with E-state index in [2.05, 4.69) is 10.1 Å². The Balaban J connectivity index is 1.48. The zero-order chi connectivity index (χ0) is 21.6. The minimum atomic E-state index is -0.407. The second kappa shape index (κ2) is 9.73. The molecule has 1 aliphatic rings. The highest BCUT2D eigenvalue weighted by Crippen LogP contribution is 2.25. The molecule has 0 N–H and O–H groups in total. The quantitative estimate of drug-likeness (QED) is 0.541. The van der Waals surface area contributed by atoms with Crippen LogP contribution >= 0.6 is 0 Å². The first-order chi connectivity index (χ1) is 15.1. The molecule has 0 saturated heterocycles. The molecule has 1 saturated carbocycles. The van der Waals surface area contributed by atoms with Gasteiger partial charge in [0.1, 0.15) is 11.6 Å². The lowest BCUT2D eigenvalue weighted by Gasteiger charge is -2.34. The monoisotopic (exact) mass is 423 g/mol. The van der Waals surface area contributed by atoms with E-state index in [4.69, 9.17) is 9.26 Å². The standard InChI is InChI=1S/C24H26FN3O3/c1-30-21-12-10-17(11-13-21)23-26-22(31-27-23)14-15-28(20-8-3-2-4-9-20)24(29)18-6-5-7-19(25)16-18/h5-7,10-13,16,20H,2-4,8-9,14-15H2,1H3. The molecule has 0 radical (unpaired) electrons. The number of nitrogens with zero attached hydrogens (tertiary/aromatic N) is 3. The molecule has 0 unspecified atom stereocenters. The van der Waals surface area contributed by atoms with E-state index >= 15 is 0 Å². The molecule has 0 bridgehead atoms. The van der Waals surface area contributed by atoms with Crippen LogP contribution in [0.25, 0.3) is 11.4 Å². The molecule has 3 aromatic rings. The first kappa shape index (κ1) is 21.0. The third-order valence-corrected chi connectivity index (χ3v) is 5.73. The molecule has 0 spiro atoms. The second-order valence-electron chi connectivity index (χ2n) is 7.79. The maximum Gasteiger partial charge on any atom is 0.254 e. The smallest absolute Gasteiger partial charge is 0.254 e. The third kappa shape index (κ3) is 5.10. The minimum absolute atomic E-state index is 0.147. The highest BCUT2D eigenvalue weighted by molar-refractivity contribution is 5.94.